The summed E-state index contributed by atoms with van der Waals surface area (Å²) >= 11 is 0. The van der Waals surface area contributed by atoms with Gasteiger partial charge in [-0.25, -0.2) is 0 Å². The normalized spacial score (nSPS) is 31.1. The lowest BCUT2D eigenvalue weighted by Gasteiger charge is -2.35. The molecule has 3 aliphatic rings. The number of benzene rings is 1. The molecule has 6 atom stereocenters. The molecule has 166 valence electrons. The second kappa shape index (κ2) is 8.53. The highest BCUT2D eigenvalue weighted by atomic mass is 16.7. The number of esters is 1. The monoisotopic (exact) mass is 414 g/mol. The highest BCUT2D eigenvalue weighted by Crippen LogP contribution is 2.59. The fraction of sp³-hybridized carbons (Fsp3) is 0.731. The van der Waals surface area contributed by atoms with Gasteiger partial charge in [-0.2, -0.15) is 0 Å². The molecule has 1 aromatic rings. The Kier molecular flexibility index (Phi) is 6.16. The first-order valence-corrected chi connectivity index (χ1v) is 11.9. The lowest BCUT2D eigenvalue weighted by Crippen LogP contribution is -2.37. The second-order valence-corrected chi connectivity index (χ2v) is 10.7. The topological polar surface area (TPSA) is 44.8 Å². The molecule has 0 aromatic heterocycles. The van der Waals surface area contributed by atoms with Gasteiger partial charge in [0.05, 0.1) is 11.5 Å². The number of hydrogen-bond acceptors (Lipinski definition) is 4. The van der Waals surface area contributed by atoms with E-state index < -0.39 is 5.41 Å². The van der Waals surface area contributed by atoms with Crippen LogP contribution in [0.4, 0.5) is 0 Å². The summed E-state index contributed by atoms with van der Waals surface area (Å²) in [6, 6.07) is 7.34. The van der Waals surface area contributed by atoms with Crippen LogP contribution in [-0.4, -0.2) is 18.4 Å². The van der Waals surface area contributed by atoms with Crippen LogP contribution in [0.3, 0.4) is 0 Å². The molecule has 0 aliphatic heterocycles. The summed E-state index contributed by atoms with van der Waals surface area (Å²) in [6.07, 6.45) is 7.65. The number of carbonyl (C=O) groups excluding carboxylic acids is 1. The summed E-state index contributed by atoms with van der Waals surface area (Å²) in [5.74, 6) is 4.85. The molecule has 0 amide bonds. The van der Waals surface area contributed by atoms with E-state index in [1.807, 2.05) is 32.9 Å². The first-order valence-electron chi connectivity index (χ1n) is 11.9. The summed E-state index contributed by atoms with van der Waals surface area (Å²) in [6.45, 7) is 10.1. The Labute approximate surface area is 181 Å². The molecule has 2 bridgehead atoms. The van der Waals surface area contributed by atoms with Crippen molar-refractivity contribution >= 4 is 5.97 Å². The molecule has 0 radical (unpaired) electrons. The maximum Gasteiger partial charge on any atom is 0.316 e. The Morgan fingerprint density at radius 1 is 1.03 bits per heavy atom. The van der Waals surface area contributed by atoms with Crippen molar-refractivity contribution in [3.63, 3.8) is 0 Å². The minimum absolute atomic E-state index is 0.205. The van der Waals surface area contributed by atoms with Gasteiger partial charge in [0.15, 0.2) is 0 Å². The van der Waals surface area contributed by atoms with Gasteiger partial charge >= 0.3 is 5.97 Å². The average molecular weight is 415 g/mol. The maximum atomic E-state index is 12.3. The third-order valence-electron chi connectivity index (χ3n) is 7.94. The van der Waals surface area contributed by atoms with Gasteiger partial charge in [0.1, 0.15) is 11.5 Å². The molecule has 1 aromatic carbocycles. The van der Waals surface area contributed by atoms with E-state index in [1.165, 1.54) is 32.1 Å². The van der Waals surface area contributed by atoms with Crippen LogP contribution in [-0.2, 0) is 9.53 Å². The van der Waals surface area contributed by atoms with Crippen molar-refractivity contribution in [3.05, 3.63) is 24.3 Å². The Morgan fingerprint density at radius 2 is 1.70 bits per heavy atom. The minimum Gasteiger partial charge on any atom is -0.465 e. The van der Waals surface area contributed by atoms with Crippen molar-refractivity contribution in [1.29, 1.82) is 0 Å². The zero-order valence-electron chi connectivity index (χ0n) is 19.2. The molecule has 30 heavy (non-hydrogen) atoms. The van der Waals surface area contributed by atoms with Crippen molar-refractivity contribution in [3.8, 4) is 11.5 Å². The summed E-state index contributed by atoms with van der Waals surface area (Å²) in [5, 5.41) is 0. The van der Waals surface area contributed by atoms with E-state index >= 15 is 0 Å². The first kappa shape index (κ1) is 21.7. The molecular weight excluding hydrogens is 376 g/mol. The van der Waals surface area contributed by atoms with Crippen molar-refractivity contribution < 1.29 is 19.0 Å². The SMILES string of the molecule is CCC(C)(C)C(=O)Oc1ccc(OC(OC2CC3CC2C2CCCC32)C(C)C)cc1. The van der Waals surface area contributed by atoms with E-state index in [9.17, 15) is 4.79 Å². The van der Waals surface area contributed by atoms with E-state index in [4.69, 9.17) is 14.2 Å². The predicted molar refractivity (Wildman–Crippen MR) is 117 cm³/mol. The van der Waals surface area contributed by atoms with Crippen molar-refractivity contribution in [2.24, 2.45) is 35.0 Å². The fourth-order valence-corrected chi connectivity index (χ4v) is 5.76. The van der Waals surface area contributed by atoms with Crippen LogP contribution in [0.15, 0.2) is 24.3 Å². The highest BCUT2D eigenvalue weighted by Gasteiger charge is 2.54. The third-order valence-corrected chi connectivity index (χ3v) is 7.94. The van der Waals surface area contributed by atoms with Crippen LogP contribution in [0.5, 0.6) is 11.5 Å². The van der Waals surface area contributed by atoms with E-state index in [0.717, 1.165) is 35.8 Å². The lowest BCUT2D eigenvalue weighted by molar-refractivity contribution is -0.162. The van der Waals surface area contributed by atoms with Gasteiger partial charge in [0, 0.05) is 5.92 Å². The summed E-state index contributed by atoms with van der Waals surface area (Å²) in [7, 11) is 0. The average Bonchev–Trinajstić information content (AvgIpc) is 3.42. The predicted octanol–water partition coefficient (Wildman–Crippen LogP) is 6.23. The molecule has 0 spiro atoms. The summed E-state index contributed by atoms with van der Waals surface area (Å²) in [5.41, 5.74) is -0.481. The minimum atomic E-state index is -0.481. The molecule has 4 rings (SSSR count). The molecule has 3 saturated carbocycles. The Hall–Kier alpha value is -1.55. The fourth-order valence-electron chi connectivity index (χ4n) is 5.76. The van der Waals surface area contributed by atoms with Crippen LogP contribution in [0.1, 0.15) is 73.1 Å². The van der Waals surface area contributed by atoms with Crippen LogP contribution in [0.2, 0.25) is 0 Å². The summed E-state index contributed by atoms with van der Waals surface area (Å²) in [4.78, 5) is 12.3. The second-order valence-electron chi connectivity index (χ2n) is 10.7. The number of hydrogen-bond donors (Lipinski definition) is 0. The van der Waals surface area contributed by atoms with Crippen LogP contribution in [0.25, 0.3) is 0 Å². The van der Waals surface area contributed by atoms with Crippen molar-refractivity contribution in [2.45, 2.75) is 85.5 Å². The molecule has 6 unspecified atom stereocenters. The smallest absolute Gasteiger partial charge is 0.316 e. The standard InChI is InChI=1S/C26H38O4/c1-6-26(4,5)25(27)29-19-12-10-18(11-13-19)28-24(16(2)3)30-23-15-17-14-22(23)21-9-7-8-20(17)21/h10-13,16-17,20-24H,6-9,14-15H2,1-5H3. The summed E-state index contributed by atoms with van der Waals surface area (Å²) < 4.78 is 18.3. The molecule has 4 heteroatoms. The van der Waals surface area contributed by atoms with Gasteiger partial charge < -0.3 is 14.2 Å². The van der Waals surface area contributed by atoms with Crippen LogP contribution >= 0.6 is 0 Å². The van der Waals surface area contributed by atoms with Crippen LogP contribution in [0, 0.1) is 35.0 Å². The molecule has 0 heterocycles. The lowest BCUT2D eigenvalue weighted by atomic mass is 9.80. The molecule has 3 aliphatic carbocycles. The van der Waals surface area contributed by atoms with E-state index in [0.29, 0.717) is 11.9 Å². The van der Waals surface area contributed by atoms with Crippen molar-refractivity contribution in [1.82, 2.24) is 0 Å². The van der Waals surface area contributed by atoms with Gasteiger partial charge in [0.2, 0.25) is 6.29 Å². The van der Waals surface area contributed by atoms with Gasteiger partial charge in [-0.05, 0) is 93.9 Å². The quantitative estimate of drug-likeness (QED) is 0.287. The number of fused-ring (bicyclic) bond motifs is 5. The first-order chi connectivity index (χ1) is 14.3. The van der Waals surface area contributed by atoms with E-state index in [2.05, 4.69) is 13.8 Å². The molecule has 0 N–H and O–H groups in total. The largest absolute Gasteiger partial charge is 0.465 e. The van der Waals surface area contributed by atoms with Gasteiger partial charge in [0.25, 0.3) is 0 Å². The van der Waals surface area contributed by atoms with Gasteiger partial charge in [-0.1, -0.05) is 27.2 Å². The Morgan fingerprint density at radius 3 is 2.37 bits per heavy atom. The number of ether oxygens (including phenoxy) is 3. The number of carbonyl (C=O) groups is 1. The van der Waals surface area contributed by atoms with Gasteiger partial charge in [-0.3, -0.25) is 4.79 Å². The molecule has 0 saturated heterocycles. The zero-order valence-corrected chi connectivity index (χ0v) is 19.2. The van der Waals surface area contributed by atoms with Crippen LogP contribution < -0.4 is 9.47 Å². The Bertz CT molecular complexity index is 738. The van der Waals surface area contributed by atoms with E-state index in [-0.39, 0.29) is 18.2 Å². The van der Waals surface area contributed by atoms with Crippen molar-refractivity contribution in [2.75, 3.05) is 0 Å². The van der Waals surface area contributed by atoms with E-state index in [1.54, 1.807) is 12.1 Å². The Balaban J connectivity index is 1.35. The molecule has 4 nitrogen and oxygen atoms in total. The number of rotatable bonds is 8. The molecular formula is C26H38O4. The highest BCUT2D eigenvalue weighted by molar-refractivity contribution is 5.78. The zero-order chi connectivity index (χ0) is 21.5. The third kappa shape index (κ3) is 4.26. The molecule has 3 fully saturated rings. The maximum absolute atomic E-state index is 12.3. The van der Waals surface area contributed by atoms with Gasteiger partial charge in [-0.15, -0.1) is 0 Å².